The summed E-state index contributed by atoms with van der Waals surface area (Å²) in [7, 11) is 0. The highest BCUT2D eigenvalue weighted by atomic mass is 19.4. The van der Waals surface area contributed by atoms with Crippen LogP contribution in [0.2, 0.25) is 0 Å². The van der Waals surface area contributed by atoms with Gasteiger partial charge in [0.2, 0.25) is 0 Å². The molecule has 1 unspecified atom stereocenters. The van der Waals surface area contributed by atoms with E-state index in [1.165, 1.54) is 6.92 Å². The number of nitrogens with zero attached hydrogens (tertiary/aromatic N) is 1. The number of hydrogen-bond donors (Lipinski definition) is 1. The fourth-order valence-corrected chi connectivity index (χ4v) is 2.42. The molecule has 1 saturated heterocycles. The molecule has 1 aliphatic heterocycles. The van der Waals surface area contributed by atoms with Crippen molar-refractivity contribution in [2.75, 3.05) is 26.4 Å². The van der Waals surface area contributed by atoms with E-state index in [0.29, 0.717) is 26.2 Å². The second-order valence-corrected chi connectivity index (χ2v) is 5.65. The first-order chi connectivity index (χ1) is 11.4. The maximum atomic E-state index is 12.5. The first-order valence-corrected chi connectivity index (χ1v) is 7.90. The minimum absolute atomic E-state index is 0.0527. The van der Waals surface area contributed by atoms with Crippen molar-refractivity contribution in [1.29, 1.82) is 0 Å². The lowest BCUT2D eigenvalue weighted by atomic mass is 10.1. The lowest BCUT2D eigenvalue weighted by Crippen LogP contribution is -2.27. The van der Waals surface area contributed by atoms with Crippen molar-refractivity contribution < 1.29 is 27.4 Å². The first-order valence-electron chi connectivity index (χ1n) is 7.90. The molecule has 2 heterocycles. The van der Waals surface area contributed by atoms with Crippen LogP contribution < -0.4 is 5.32 Å². The van der Waals surface area contributed by atoms with Crippen LogP contribution in [0.15, 0.2) is 12.1 Å². The first kappa shape index (κ1) is 18.7. The zero-order valence-electron chi connectivity index (χ0n) is 13.5. The smallest absolute Gasteiger partial charge is 0.379 e. The molecule has 1 N–H and O–H groups in total. The van der Waals surface area contributed by atoms with Gasteiger partial charge in [-0.2, -0.15) is 13.2 Å². The fraction of sp³-hybridized carbons (Fsp3) is 0.625. The molecule has 0 aliphatic carbocycles. The summed E-state index contributed by atoms with van der Waals surface area (Å²) in [5.74, 6) is -0.437. The van der Waals surface area contributed by atoms with Crippen molar-refractivity contribution in [3.63, 3.8) is 0 Å². The average molecular weight is 346 g/mol. The van der Waals surface area contributed by atoms with Gasteiger partial charge in [0.1, 0.15) is 5.69 Å². The number of aromatic nitrogens is 1. The van der Waals surface area contributed by atoms with E-state index in [-0.39, 0.29) is 17.4 Å². The van der Waals surface area contributed by atoms with Crippen LogP contribution in [0.3, 0.4) is 0 Å². The lowest BCUT2D eigenvalue weighted by molar-refractivity contribution is -0.141. The molecule has 1 aromatic rings. The Labute approximate surface area is 138 Å². The Morgan fingerprint density at radius 2 is 2.25 bits per heavy atom. The van der Waals surface area contributed by atoms with Crippen LogP contribution in [0.1, 0.15) is 41.0 Å². The summed E-state index contributed by atoms with van der Waals surface area (Å²) in [5.41, 5.74) is -0.806. The third-order valence-electron chi connectivity index (χ3n) is 3.70. The number of aryl methyl sites for hydroxylation is 1. The van der Waals surface area contributed by atoms with Crippen LogP contribution in [-0.2, 0) is 15.7 Å². The van der Waals surface area contributed by atoms with E-state index in [4.69, 9.17) is 9.47 Å². The molecule has 2 rings (SSSR count). The molecule has 1 fully saturated rings. The largest absolute Gasteiger partial charge is 0.433 e. The Bertz CT molecular complexity index is 558. The summed E-state index contributed by atoms with van der Waals surface area (Å²) in [5, 5.41) is 2.65. The SMILES string of the molecule is Cc1nc(C(F)(F)F)ccc1C(=O)NCCCOCC1CCCO1. The monoisotopic (exact) mass is 346 g/mol. The number of halogens is 3. The van der Waals surface area contributed by atoms with Gasteiger partial charge in [-0.25, -0.2) is 4.98 Å². The van der Waals surface area contributed by atoms with E-state index in [2.05, 4.69) is 10.3 Å². The van der Waals surface area contributed by atoms with E-state index in [1.807, 2.05) is 0 Å². The standard InChI is InChI=1S/C16H21F3N2O3/c1-11-13(5-6-14(21-11)16(17,18)19)15(22)20-7-3-8-23-10-12-4-2-9-24-12/h5-6,12H,2-4,7-10H2,1H3,(H,20,22). The Hall–Kier alpha value is -1.67. The normalized spacial score (nSPS) is 17.9. The number of pyridine rings is 1. The van der Waals surface area contributed by atoms with Gasteiger partial charge in [0.15, 0.2) is 0 Å². The second-order valence-electron chi connectivity index (χ2n) is 5.65. The van der Waals surface area contributed by atoms with Crippen LogP contribution in [0.25, 0.3) is 0 Å². The average Bonchev–Trinajstić information content (AvgIpc) is 3.02. The van der Waals surface area contributed by atoms with E-state index >= 15 is 0 Å². The highest BCUT2D eigenvalue weighted by Gasteiger charge is 2.33. The molecule has 0 radical (unpaired) electrons. The van der Waals surface area contributed by atoms with Gasteiger partial charge in [0.25, 0.3) is 5.91 Å². The van der Waals surface area contributed by atoms with Crippen molar-refractivity contribution in [3.05, 3.63) is 29.1 Å². The number of carbonyl (C=O) groups excluding carboxylic acids is 1. The molecule has 1 aliphatic rings. The maximum Gasteiger partial charge on any atom is 0.433 e. The van der Waals surface area contributed by atoms with Crippen LogP contribution in [0, 0.1) is 6.92 Å². The van der Waals surface area contributed by atoms with E-state index in [0.717, 1.165) is 31.6 Å². The van der Waals surface area contributed by atoms with Crippen molar-refractivity contribution in [2.45, 2.75) is 38.5 Å². The minimum atomic E-state index is -4.51. The molecule has 0 spiro atoms. The number of alkyl halides is 3. The molecule has 0 saturated carbocycles. The molecule has 134 valence electrons. The molecule has 1 amide bonds. The summed E-state index contributed by atoms with van der Waals surface area (Å²) in [6.07, 6.45) is -1.66. The predicted octanol–water partition coefficient (Wildman–Crippen LogP) is 2.72. The molecule has 24 heavy (non-hydrogen) atoms. The maximum absolute atomic E-state index is 12.5. The van der Waals surface area contributed by atoms with Gasteiger partial charge < -0.3 is 14.8 Å². The summed E-state index contributed by atoms with van der Waals surface area (Å²) in [6, 6.07) is 1.96. The van der Waals surface area contributed by atoms with Crippen molar-refractivity contribution in [2.24, 2.45) is 0 Å². The summed E-state index contributed by atoms with van der Waals surface area (Å²) >= 11 is 0. The van der Waals surface area contributed by atoms with Crippen LogP contribution >= 0.6 is 0 Å². The highest BCUT2D eigenvalue weighted by molar-refractivity contribution is 5.95. The highest BCUT2D eigenvalue weighted by Crippen LogP contribution is 2.28. The number of carbonyl (C=O) groups is 1. The van der Waals surface area contributed by atoms with Crippen molar-refractivity contribution in [1.82, 2.24) is 10.3 Å². The molecule has 8 heteroatoms. The van der Waals surface area contributed by atoms with E-state index in [9.17, 15) is 18.0 Å². The van der Waals surface area contributed by atoms with Gasteiger partial charge in [-0.3, -0.25) is 4.79 Å². The number of rotatable bonds is 7. The molecule has 1 atom stereocenters. The lowest BCUT2D eigenvalue weighted by Gasteiger charge is -2.11. The van der Waals surface area contributed by atoms with E-state index < -0.39 is 17.8 Å². The zero-order chi connectivity index (χ0) is 17.6. The molecule has 0 bridgehead atoms. The fourth-order valence-electron chi connectivity index (χ4n) is 2.42. The second kappa shape index (κ2) is 8.43. The third kappa shape index (κ3) is 5.45. The number of hydrogen-bond acceptors (Lipinski definition) is 4. The number of amides is 1. The third-order valence-corrected chi connectivity index (χ3v) is 3.70. The quantitative estimate of drug-likeness (QED) is 0.771. The Kier molecular flexibility index (Phi) is 6.56. The van der Waals surface area contributed by atoms with Gasteiger partial charge in [-0.15, -0.1) is 0 Å². The topological polar surface area (TPSA) is 60.5 Å². The molecule has 0 aromatic carbocycles. The van der Waals surface area contributed by atoms with Crippen molar-refractivity contribution in [3.8, 4) is 0 Å². The zero-order valence-corrected chi connectivity index (χ0v) is 13.5. The van der Waals surface area contributed by atoms with Crippen LogP contribution in [0.4, 0.5) is 13.2 Å². The van der Waals surface area contributed by atoms with Gasteiger partial charge in [0.05, 0.1) is 24.0 Å². The molecule has 1 aromatic heterocycles. The van der Waals surface area contributed by atoms with Crippen molar-refractivity contribution >= 4 is 5.91 Å². The van der Waals surface area contributed by atoms with Gasteiger partial charge >= 0.3 is 6.18 Å². The van der Waals surface area contributed by atoms with E-state index in [1.54, 1.807) is 0 Å². The summed E-state index contributed by atoms with van der Waals surface area (Å²) in [4.78, 5) is 15.4. The Balaban J connectivity index is 1.70. The Morgan fingerprint density at radius 3 is 2.88 bits per heavy atom. The van der Waals surface area contributed by atoms with Crippen LogP contribution in [-0.4, -0.2) is 43.4 Å². The Morgan fingerprint density at radius 1 is 1.46 bits per heavy atom. The number of ether oxygens (including phenoxy) is 2. The molecular weight excluding hydrogens is 325 g/mol. The summed E-state index contributed by atoms with van der Waals surface area (Å²) < 4.78 is 48.5. The van der Waals surface area contributed by atoms with Gasteiger partial charge in [-0.1, -0.05) is 0 Å². The van der Waals surface area contributed by atoms with Gasteiger partial charge in [-0.05, 0) is 38.3 Å². The minimum Gasteiger partial charge on any atom is -0.379 e. The van der Waals surface area contributed by atoms with Gasteiger partial charge in [0, 0.05) is 19.8 Å². The molecular formula is C16H21F3N2O3. The molecule has 5 nitrogen and oxygen atoms in total. The number of nitrogens with one attached hydrogen (secondary N) is 1. The summed E-state index contributed by atoms with van der Waals surface area (Å²) in [6.45, 7) is 3.59. The van der Waals surface area contributed by atoms with Crippen LogP contribution in [0.5, 0.6) is 0 Å². The predicted molar refractivity (Wildman–Crippen MR) is 80.7 cm³/mol.